The standard InChI is InChI=1S/C17H23FN4O2/c1-11(16(23)19-13-6-7-13)22-9-8-15(10-22)21-17(24)20-14-4-2-12(18)3-5-14/h2-5,11,13,15H,6-10H2,1H3,(H,19,23)(H2,20,21,24)/t11-,15+/m1/s1. The summed E-state index contributed by atoms with van der Waals surface area (Å²) in [5.74, 6) is -0.278. The summed E-state index contributed by atoms with van der Waals surface area (Å²) in [7, 11) is 0. The summed E-state index contributed by atoms with van der Waals surface area (Å²) in [6.07, 6.45) is 2.95. The van der Waals surface area contributed by atoms with Crippen molar-refractivity contribution in [2.45, 2.75) is 44.3 Å². The number of hydrogen-bond acceptors (Lipinski definition) is 3. The van der Waals surface area contributed by atoms with E-state index in [1.54, 1.807) is 0 Å². The average molecular weight is 334 g/mol. The Labute approximate surface area is 140 Å². The molecule has 3 N–H and O–H groups in total. The number of halogens is 1. The van der Waals surface area contributed by atoms with Crippen molar-refractivity contribution in [2.24, 2.45) is 0 Å². The van der Waals surface area contributed by atoms with Crippen molar-refractivity contribution in [3.63, 3.8) is 0 Å². The maximum Gasteiger partial charge on any atom is 0.319 e. The fourth-order valence-corrected chi connectivity index (χ4v) is 2.86. The Morgan fingerprint density at radius 3 is 2.50 bits per heavy atom. The number of benzene rings is 1. The number of rotatable bonds is 5. The van der Waals surface area contributed by atoms with Crippen molar-refractivity contribution >= 4 is 17.6 Å². The molecule has 3 rings (SSSR count). The van der Waals surface area contributed by atoms with E-state index in [-0.39, 0.29) is 29.8 Å². The molecule has 0 aromatic heterocycles. The molecule has 1 aromatic carbocycles. The first kappa shape index (κ1) is 16.7. The number of hydrogen-bond donors (Lipinski definition) is 3. The van der Waals surface area contributed by atoms with Gasteiger partial charge < -0.3 is 16.0 Å². The van der Waals surface area contributed by atoms with Crippen LogP contribution in [0.2, 0.25) is 0 Å². The van der Waals surface area contributed by atoms with Gasteiger partial charge in [0.25, 0.3) is 0 Å². The van der Waals surface area contributed by atoms with Gasteiger partial charge in [-0.1, -0.05) is 0 Å². The topological polar surface area (TPSA) is 73.5 Å². The number of likely N-dealkylation sites (tertiary alicyclic amines) is 1. The highest BCUT2D eigenvalue weighted by molar-refractivity contribution is 5.89. The second kappa shape index (κ2) is 7.17. The Balaban J connectivity index is 1.44. The van der Waals surface area contributed by atoms with Gasteiger partial charge in [0.2, 0.25) is 5.91 Å². The molecule has 1 aromatic rings. The summed E-state index contributed by atoms with van der Waals surface area (Å²) in [4.78, 5) is 26.2. The molecule has 0 spiro atoms. The second-order valence-electron chi connectivity index (χ2n) is 6.54. The Morgan fingerprint density at radius 2 is 1.83 bits per heavy atom. The van der Waals surface area contributed by atoms with Gasteiger partial charge in [-0.05, 0) is 50.5 Å². The lowest BCUT2D eigenvalue weighted by atomic mass is 10.2. The molecular formula is C17H23FN4O2. The van der Waals surface area contributed by atoms with E-state index in [1.165, 1.54) is 24.3 Å². The highest BCUT2D eigenvalue weighted by Crippen LogP contribution is 2.20. The van der Waals surface area contributed by atoms with E-state index >= 15 is 0 Å². The molecule has 1 aliphatic heterocycles. The van der Waals surface area contributed by atoms with Crippen molar-refractivity contribution in [1.82, 2.24) is 15.5 Å². The summed E-state index contributed by atoms with van der Waals surface area (Å²) < 4.78 is 12.9. The number of carbonyl (C=O) groups excluding carboxylic acids is 2. The maximum absolute atomic E-state index is 12.9. The minimum Gasteiger partial charge on any atom is -0.352 e. The first-order valence-electron chi connectivity index (χ1n) is 8.39. The lowest BCUT2D eigenvalue weighted by molar-refractivity contribution is -0.125. The van der Waals surface area contributed by atoms with Crippen LogP contribution in [0.4, 0.5) is 14.9 Å². The Kier molecular flexibility index (Phi) is 4.99. The fourth-order valence-electron chi connectivity index (χ4n) is 2.86. The van der Waals surface area contributed by atoms with Crippen LogP contribution in [0.3, 0.4) is 0 Å². The smallest absolute Gasteiger partial charge is 0.319 e. The lowest BCUT2D eigenvalue weighted by Crippen LogP contribution is -2.46. The third-order valence-corrected chi connectivity index (χ3v) is 4.51. The third kappa shape index (κ3) is 4.44. The third-order valence-electron chi connectivity index (χ3n) is 4.51. The molecule has 1 saturated heterocycles. The quantitative estimate of drug-likeness (QED) is 0.767. The molecule has 2 atom stereocenters. The highest BCUT2D eigenvalue weighted by atomic mass is 19.1. The average Bonchev–Trinajstić information content (AvgIpc) is 3.25. The zero-order valence-electron chi connectivity index (χ0n) is 13.7. The lowest BCUT2D eigenvalue weighted by Gasteiger charge is -2.23. The zero-order chi connectivity index (χ0) is 17.1. The molecule has 2 fully saturated rings. The van der Waals surface area contributed by atoms with E-state index in [9.17, 15) is 14.0 Å². The van der Waals surface area contributed by atoms with Crippen LogP contribution >= 0.6 is 0 Å². The molecule has 1 saturated carbocycles. The first-order valence-corrected chi connectivity index (χ1v) is 8.39. The predicted molar refractivity (Wildman–Crippen MR) is 89.2 cm³/mol. The van der Waals surface area contributed by atoms with Crippen molar-refractivity contribution in [3.8, 4) is 0 Å². The van der Waals surface area contributed by atoms with Crippen molar-refractivity contribution in [3.05, 3.63) is 30.1 Å². The van der Waals surface area contributed by atoms with Gasteiger partial charge in [-0.25, -0.2) is 9.18 Å². The minimum absolute atomic E-state index is 0.00150. The van der Waals surface area contributed by atoms with Gasteiger partial charge in [0.1, 0.15) is 5.82 Å². The largest absolute Gasteiger partial charge is 0.352 e. The van der Waals surface area contributed by atoms with E-state index in [2.05, 4.69) is 20.9 Å². The molecule has 24 heavy (non-hydrogen) atoms. The summed E-state index contributed by atoms with van der Waals surface area (Å²) in [6.45, 7) is 3.33. The van der Waals surface area contributed by atoms with E-state index in [0.717, 1.165) is 25.8 Å². The number of amides is 3. The molecule has 2 aliphatic rings. The van der Waals surface area contributed by atoms with E-state index in [1.807, 2.05) is 6.92 Å². The molecule has 1 heterocycles. The van der Waals surface area contributed by atoms with Crippen LogP contribution in [0, 0.1) is 5.82 Å². The van der Waals surface area contributed by atoms with Gasteiger partial charge in [-0.2, -0.15) is 0 Å². The van der Waals surface area contributed by atoms with E-state index in [4.69, 9.17) is 0 Å². The first-order chi connectivity index (χ1) is 11.5. The van der Waals surface area contributed by atoms with Crippen LogP contribution in [0.5, 0.6) is 0 Å². The van der Waals surface area contributed by atoms with Gasteiger partial charge in [0.05, 0.1) is 6.04 Å². The molecular weight excluding hydrogens is 311 g/mol. The number of nitrogens with zero attached hydrogens (tertiary/aromatic N) is 1. The molecule has 0 radical (unpaired) electrons. The highest BCUT2D eigenvalue weighted by Gasteiger charge is 2.32. The van der Waals surface area contributed by atoms with Crippen molar-refractivity contribution < 1.29 is 14.0 Å². The maximum atomic E-state index is 12.9. The molecule has 6 nitrogen and oxygen atoms in total. The molecule has 0 bridgehead atoms. The fraction of sp³-hybridized carbons (Fsp3) is 0.529. The summed E-state index contributed by atoms with van der Waals surface area (Å²) in [5.41, 5.74) is 0.543. The Morgan fingerprint density at radius 1 is 1.12 bits per heavy atom. The van der Waals surface area contributed by atoms with Gasteiger partial charge in [-0.3, -0.25) is 9.69 Å². The normalized spacial score (nSPS) is 22.0. The number of urea groups is 1. The van der Waals surface area contributed by atoms with Crippen LogP contribution in [-0.4, -0.2) is 48.1 Å². The molecule has 0 unspecified atom stereocenters. The summed E-state index contributed by atoms with van der Waals surface area (Å²) >= 11 is 0. The summed E-state index contributed by atoms with van der Waals surface area (Å²) in [5, 5.41) is 8.60. The van der Waals surface area contributed by atoms with Crippen LogP contribution in [-0.2, 0) is 4.79 Å². The Hall–Kier alpha value is -2.15. The molecule has 7 heteroatoms. The number of anilines is 1. The van der Waals surface area contributed by atoms with Crippen molar-refractivity contribution in [2.75, 3.05) is 18.4 Å². The van der Waals surface area contributed by atoms with E-state index in [0.29, 0.717) is 18.3 Å². The predicted octanol–water partition coefficient (Wildman–Crippen LogP) is 1.69. The minimum atomic E-state index is -0.342. The van der Waals surface area contributed by atoms with Crippen LogP contribution in [0.1, 0.15) is 26.2 Å². The van der Waals surface area contributed by atoms with Crippen LogP contribution < -0.4 is 16.0 Å². The zero-order valence-corrected chi connectivity index (χ0v) is 13.7. The molecule has 3 amide bonds. The van der Waals surface area contributed by atoms with Crippen LogP contribution in [0.15, 0.2) is 24.3 Å². The van der Waals surface area contributed by atoms with E-state index < -0.39 is 0 Å². The van der Waals surface area contributed by atoms with Crippen LogP contribution in [0.25, 0.3) is 0 Å². The number of nitrogens with one attached hydrogen (secondary N) is 3. The van der Waals surface area contributed by atoms with Gasteiger partial charge in [-0.15, -0.1) is 0 Å². The molecule has 130 valence electrons. The second-order valence-corrected chi connectivity index (χ2v) is 6.54. The van der Waals surface area contributed by atoms with Gasteiger partial charge in [0, 0.05) is 30.9 Å². The number of carbonyl (C=O) groups is 2. The molecule has 1 aliphatic carbocycles. The monoisotopic (exact) mass is 334 g/mol. The van der Waals surface area contributed by atoms with Gasteiger partial charge in [0.15, 0.2) is 0 Å². The summed E-state index contributed by atoms with van der Waals surface area (Å²) in [6, 6.07) is 5.49. The Bertz CT molecular complexity index is 603. The van der Waals surface area contributed by atoms with Gasteiger partial charge >= 0.3 is 6.03 Å². The SMILES string of the molecule is C[C@H](C(=O)NC1CC1)N1CC[C@H](NC(=O)Nc2ccc(F)cc2)C1. The van der Waals surface area contributed by atoms with Crippen molar-refractivity contribution in [1.29, 1.82) is 0 Å².